The molecule has 1 aromatic carbocycles. The van der Waals surface area contributed by atoms with Gasteiger partial charge in [0.25, 0.3) is 0 Å². The minimum atomic E-state index is 0.0366. The van der Waals surface area contributed by atoms with Crippen LogP contribution >= 0.6 is 0 Å². The molecule has 3 saturated heterocycles. The van der Waals surface area contributed by atoms with Crippen molar-refractivity contribution in [1.29, 1.82) is 0 Å². The first-order chi connectivity index (χ1) is 15.7. The third-order valence-electron chi connectivity index (χ3n) is 6.72. The Bertz CT molecular complexity index is 1070. The molecule has 5 heterocycles. The zero-order valence-corrected chi connectivity index (χ0v) is 18.2. The number of carbonyl (C=O) groups excluding carboxylic acids is 1. The molecule has 1 amide bonds. The highest BCUT2D eigenvalue weighted by molar-refractivity contribution is 5.79. The number of fused-ring (bicyclic) bond motifs is 3. The van der Waals surface area contributed by atoms with Gasteiger partial charge in [-0.1, -0.05) is 29.5 Å². The van der Waals surface area contributed by atoms with Gasteiger partial charge in [0.05, 0.1) is 31.5 Å². The maximum absolute atomic E-state index is 13.0. The number of pyridine rings is 1. The van der Waals surface area contributed by atoms with Crippen LogP contribution in [0, 0.1) is 11.8 Å². The molecular weight excluding hydrogens is 404 g/mol. The van der Waals surface area contributed by atoms with Crippen LogP contribution in [0.5, 0.6) is 5.75 Å². The van der Waals surface area contributed by atoms with Crippen molar-refractivity contribution < 1.29 is 9.53 Å². The summed E-state index contributed by atoms with van der Waals surface area (Å²) in [5.74, 6) is 1.39. The standard InChI is InChI=1S/C24H28N6O2/c1-32-23-8-3-2-6-18(23)13-26-24(31)20-15-29-11-9-17(20)12-19(29)14-30-16-22(27-28-30)21-7-4-5-10-25-21/h2-8,10,16-17,19-20H,9,11-15H2,1H3,(H,26,31)/t17?,19-,20+/m1/s1. The Balaban J connectivity index is 1.19. The van der Waals surface area contributed by atoms with Gasteiger partial charge in [0.2, 0.25) is 5.91 Å². The number of rotatable bonds is 7. The quantitative estimate of drug-likeness (QED) is 0.617. The zero-order chi connectivity index (χ0) is 21.9. The first-order valence-corrected chi connectivity index (χ1v) is 11.2. The number of amides is 1. The molecule has 0 radical (unpaired) electrons. The highest BCUT2D eigenvalue weighted by Crippen LogP contribution is 2.37. The number of para-hydroxylation sites is 1. The first kappa shape index (κ1) is 20.6. The van der Waals surface area contributed by atoms with E-state index in [0.717, 1.165) is 55.2 Å². The third kappa shape index (κ3) is 4.23. The third-order valence-corrected chi connectivity index (χ3v) is 6.72. The molecule has 3 fully saturated rings. The molecule has 3 aliphatic heterocycles. The molecule has 2 bridgehead atoms. The summed E-state index contributed by atoms with van der Waals surface area (Å²) >= 11 is 0. The van der Waals surface area contributed by atoms with Gasteiger partial charge in [-0.2, -0.15) is 0 Å². The van der Waals surface area contributed by atoms with Gasteiger partial charge in [0.15, 0.2) is 0 Å². The van der Waals surface area contributed by atoms with Crippen molar-refractivity contribution in [2.75, 3.05) is 20.2 Å². The number of nitrogens with one attached hydrogen (secondary N) is 1. The second-order valence-corrected chi connectivity index (χ2v) is 8.61. The molecule has 3 aliphatic rings. The fraction of sp³-hybridized carbons (Fsp3) is 0.417. The normalized spacial score (nSPS) is 24.3. The fourth-order valence-corrected chi connectivity index (χ4v) is 5.02. The van der Waals surface area contributed by atoms with Crippen LogP contribution in [0.3, 0.4) is 0 Å². The van der Waals surface area contributed by atoms with E-state index in [0.29, 0.717) is 18.5 Å². The monoisotopic (exact) mass is 432 g/mol. The Kier molecular flexibility index (Phi) is 5.85. The maximum Gasteiger partial charge on any atom is 0.224 e. The number of ether oxygens (including phenoxy) is 1. The van der Waals surface area contributed by atoms with Crippen LogP contribution in [0.4, 0.5) is 0 Å². The molecule has 2 unspecified atom stereocenters. The number of benzene rings is 1. The summed E-state index contributed by atoms with van der Waals surface area (Å²) in [4.78, 5) is 19.8. The van der Waals surface area contributed by atoms with E-state index >= 15 is 0 Å². The van der Waals surface area contributed by atoms with Crippen LogP contribution in [-0.4, -0.2) is 57.0 Å². The van der Waals surface area contributed by atoms with E-state index in [1.807, 2.05) is 53.3 Å². The summed E-state index contributed by atoms with van der Waals surface area (Å²) in [6, 6.07) is 14.0. The summed E-state index contributed by atoms with van der Waals surface area (Å²) in [5, 5.41) is 11.7. The van der Waals surface area contributed by atoms with Crippen LogP contribution in [0.25, 0.3) is 11.4 Å². The van der Waals surface area contributed by atoms with E-state index in [4.69, 9.17) is 4.74 Å². The zero-order valence-electron chi connectivity index (χ0n) is 18.2. The van der Waals surface area contributed by atoms with Gasteiger partial charge < -0.3 is 10.1 Å². The predicted molar refractivity (Wildman–Crippen MR) is 120 cm³/mol. The number of aromatic nitrogens is 4. The molecule has 6 rings (SSSR count). The molecule has 0 saturated carbocycles. The Morgan fingerprint density at radius 3 is 2.84 bits per heavy atom. The summed E-state index contributed by atoms with van der Waals surface area (Å²) in [7, 11) is 1.66. The summed E-state index contributed by atoms with van der Waals surface area (Å²) < 4.78 is 7.31. The van der Waals surface area contributed by atoms with Crippen molar-refractivity contribution in [2.24, 2.45) is 11.8 Å². The van der Waals surface area contributed by atoms with Crippen molar-refractivity contribution in [1.82, 2.24) is 30.2 Å². The number of piperidine rings is 3. The summed E-state index contributed by atoms with van der Waals surface area (Å²) in [6.07, 6.45) is 5.80. The second kappa shape index (κ2) is 9.08. The summed E-state index contributed by atoms with van der Waals surface area (Å²) in [6.45, 7) is 3.11. The van der Waals surface area contributed by atoms with Crippen LogP contribution in [0.2, 0.25) is 0 Å². The number of methoxy groups -OCH3 is 1. The molecule has 4 atom stereocenters. The molecule has 0 spiro atoms. The van der Waals surface area contributed by atoms with Crippen LogP contribution < -0.4 is 10.1 Å². The molecule has 8 nitrogen and oxygen atoms in total. The van der Waals surface area contributed by atoms with E-state index in [1.165, 1.54) is 0 Å². The average molecular weight is 433 g/mol. The van der Waals surface area contributed by atoms with Gasteiger partial charge in [-0.3, -0.25) is 19.4 Å². The topological polar surface area (TPSA) is 85.2 Å². The number of hydrogen-bond donors (Lipinski definition) is 1. The minimum Gasteiger partial charge on any atom is -0.496 e. The smallest absolute Gasteiger partial charge is 0.224 e. The average Bonchev–Trinajstić information content (AvgIpc) is 3.32. The SMILES string of the molecule is COc1ccccc1CNC(=O)[C@H]1CN2CCC1C[C@@H]2Cn1cc(-c2ccccn2)nn1. The molecule has 8 heteroatoms. The Labute approximate surface area is 187 Å². The van der Waals surface area contributed by atoms with E-state index in [-0.39, 0.29) is 11.8 Å². The maximum atomic E-state index is 13.0. The predicted octanol–water partition coefficient (Wildman–Crippen LogP) is 2.38. The first-order valence-electron chi connectivity index (χ1n) is 11.2. The van der Waals surface area contributed by atoms with Gasteiger partial charge in [0, 0.05) is 30.9 Å². The van der Waals surface area contributed by atoms with Crippen molar-refractivity contribution >= 4 is 5.91 Å². The highest BCUT2D eigenvalue weighted by Gasteiger charge is 2.43. The van der Waals surface area contributed by atoms with Gasteiger partial charge in [-0.05, 0) is 43.5 Å². The lowest BCUT2D eigenvalue weighted by atomic mass is 9.75. The Hall–Kier alpha value is -3.26. The number of carbonyl (C=O) groups is 1. The highest BCUT2D eigenvalue weighted by atomic mass is 16.5. The van der Waals surface area contributed by atoms with Crippen LogP contribution in [0.1, 0.15) is 18.4 Å². The molecule has 3 aromatic rings. The lowest BCUT2D eigenvalue weighted by Gasteiger charge is -2.49. The van der Waals surface area contributed by atoms with Crippen molar-refractivity contribution in [3.63, 3.8) is 0 Å². The van der Waals surface area contributed by atoms with Gasteiger partial charge >= 0.3 is 0 Å². The van der Waals surface area contributed by atoms with Gasteiger partial charge in [0.1, 0.15) is 11.4 Å². The molecule has 0 aliphatic carbocycles. The number of hydrogen-bond acceptors (Lipinski definition) is 6. The van der Waals surface area contributed by atoms with Crippen LogP contribution in [-0.2, 0) is 17.9 Å². The van der Waals surface area contributed by atoms with Crippen molar-refractivity contribution in [3.8, 4) is 17.1 Å². The summed E-state index contributed by atoms with van der Waals surface area (Å²) in [5.41, 5.74) is 2.61. The minimum absolute atomic E-state index is 0.0366. The molecular formula is C24H28N6O2. The molecule has 32 heavy (non-hydrogen) atoms. The lowest BCUT2D eigenvalue weighted by molar-refractivity contribution is -0.133. The Morgan fingerprint density at radius 1 is 1.19 bits per heavy atom. The fourth-order valence-electron chi connectivity index (χ4n) is 5.02. The van der Waals surface area contributed by atoms with Gasteiger partial charge in [-0.25, -0.2) is 0 Å². The number of nitrogens with zero attached hydrogens (tertiary/aromatic N) is 5. The van der Waals surface area contributed by atoms with E-state index < -0.39 is 0 Å². The van der Waals surface area contributed by atoms with Crippen molar-refractivity contribution in [3.05, 3.63) is 60.4 Å². The lowest BCUT2D eigenvalue weighted by Crippen LogP contribution is -2.58. The van der Waals surface area contributed by atoms with E-state index in [2.05, 4.69) is 25.5 Å². The van der Waals surface area contributed by atoms with Crippen molar-refractivity contribution in [2.45, 2.75) is 32.0 Å². The van der Waals surface area contributed by atoms with Crippen LogP contribution in [0.15, 0.2) is 54.9 Å². The Morgan fingerprint density at radius 2 is 2.06 bits per heavy atom. The van der Waals surface area contributed by atoms with E-state index in [9.17, 15) is 4.79 Å². The molecule has 1 N–H and O–H groups in total. The second-order valence-electron chi connectivity index (χ2n) is 8.61. The largest absolute Gasteiger partial charge is 0.496 e. The molecule has 166 valence electrons. The molecule has 2 aromatic heterocycles. The van der Waals surface area contributed by atoms with Gasteiger partial charge in [-0.15, -0.1) is 5.10 Å². The van der Waals surface area contributed by atoms with E-state index in [1.54, 1.807) is 13.3 Å².